The fourth-order valence-corrected chi connectivity index (χ4v) is 1.92. The van der Waals surface area contributed by atoms with Crippen molar-refractivity contribution < 1.29 is 14.3 Å². The lowest BCUT2D eigenvalue weighted by atomic mass is 10.1. The number of ether oxygens (including phenoxy) is 1. The third-order valence-corrected chi connectivity index (χ3v) is 2.93. The van der Waals surface area contributed by atoms with Crippen molar-refractivity contribution in [3.63, 3.8) is 0 Å². The lowest BCUT2D eigenvalue weighted by Crippen LogP contribution is -2.49. The summed E-state index contributed by atoms with van der Waals surface area (Å²) in [5.74, 6) is 0.0494. The molecular formula is C14H18N2O3. The fraction of sp³-hybridized carbons (Fsp3) is 0.429. The number of carbonyl (C=O) groups is 2. The highest BCUT2D eigenvalue weighted by Gasteiger charge is 2.34. The Hall–Kier alpha value is -2.04. The molecule has 2 rings (SSSR count). The van der Waals surface area contributed by atoms with Crippen LogP contribution in [0.3, 0.4) is 0 Å². The van der Waals surface area contributed by atoms with Gasteiger partial charge in [0, 0.05) is 0 Å². The van der Waals surface area contributed by atoms with Crippen LogP contribution in [0.25, 0.3) is 0 Å². The zero-order chi connectivity index (χ0) is 14.0. The largest absolute Gasteiger partial charge is 0.449 e. The summed E-state index contributed by atoms with van der Waals surface area (Å²) < 4.78 is 5.23. The number of benzene rings is 1. The van der Waals surface area contributed by atoms with Crippen molar-refractivity contribution in [2.45, 2.75) is 26.8 Å². The number of amides is 2. The summed E-state index contributed by atoms with van der Waals surface area (Å²) in [5, 5.41) is 2.77. The van der Waals surface area contributed by atoms with Crippen molar-refractivity contribution >= 4 is 23.4 Å². The van der Waals surface area contributed by atoms with Gasteiger partial charge in [0.05, 0.1) is 18.0 Å². The minimum atomic E-state index is -0.574. The van der Waals surface area contributed by atoms with Gasteiger partial charge in [-0.05, 0) is 25.0 Å². The van der Waals surface area contributed by atoms with Crippen LogP contribution in [-0.4, -0.2) is 24.6 Å². The number of fused-ring (bicyclic) bond motifs is 1. The molecule has 1 heterocycles. The van der Waals surface area contributed by atoms with Crippen LogP contribution in [0.2, 0.25) is 0 Å². The molecule has 1 aliphatic heterocycles. The molecule has 1 N–H and O–H groups in total. The monoisotopic (exact) mass is 262 g/mol. The second-order valence-corrected chi connectivity index (χ2v) is 5.02. The van der Waals surface area contributed by atoms with Crippen LogP contribution in [0.1, 0.15) is 20.8 Å². The summed E-state index contributed by atoms with van der Waals surface area (Å²) in [7, 11) is 0. The van der Waals surface area contributed by atoms with E-state index < -0.39 is 12.1 Å². The van der Waals surface area contributed by atoms with Gasteiger partial charge < -0.3 is 10.1 Å². The third kappa shape index (κ3) is 2.70. The van der Waals surface area contributed by atoms with E-state index in [9.17, 15) is 9.59 Å². The molecule has 0 spiro atoms. The van der Waals surface area contributed by atoms with Crippen molar-refractivity contribution in [3.8, 4) is 0 Å². The topological polar surface area (TPSA) is 58.6 Å². The highest BCUT2D eigenvalue weighted by Crippen LogP contribution is 2.32. The van der Waals surface area contributed by atoms with Gasteiger partial charge in [-0.3, -0.25) is 9.69 Å². The summed E-state index contributed by atoms with van der Waals surface area (Å²) in [6, 6.07) is 6.62. The summed E-state index contributed by atoms with van der Waals surface area (Å²) >= 11 is 0. The Morgan fingerprint density at radius 1 is 1.42 bits per heavy atom. The molecule has 0 aliphatic carbocycles. The van der Waals surface area contributed by atoms with Gasteiger partial charge in [-0.2, -0.15) is 0 Å². The molecule has 0 fully saturated rings. The molecule has 102 valence electrons. The molecule has 0 radical (unpaired) electrons. The molecule has 0 aromatic heterocycles. The second kappa shape index (κ2) is 5.30. The van der Waals surface area contributed by atoms with E-state index in [-0.39, 0.29) is 11.8 Å². The Kier molecular flexibility index (Phi) is 3.74. The van der Waals surface area contributed by atoms with Crippen molar-refractivity contribution in [2.24, 2.45) is 5.92 Å². The van der Waals surface area contributed by atoms with E-state index >= 15 is 0 Å². The van der Waals surface area contributed by atoms with E-state index in [0.717, 1.165) is 0 Å². The number of anilines is 2. The fourth-order valence-electron chi connectivity index (χ4n) is 1.92. The molecule has 1 aromatic carbocycles. The number of nitrogens with zero attached hydrogens (tertiary/aromatic N) is 1. The minimum absolute atomic E-state index is 0.208. The molecular weight excluding hydrogens is 244 g/mol. The van der Waals surface area contributed by atoms with Crippen LogP contribution in [0.4, 0.5) is 16.2 Å². The van der Waals surface area contributed by atoms with Crippen LogP contribution >= 0.6 is 0 Å². The Morgan fingerprint density at radius 3 is 2.79 bits per heavy atom. The highest BCUT2D eigenvalue weighted by atomic mass is 16.6. The van der Waals surface area contributed by atoms with E-state index in [4.69, 9.17) is 4.74 Å². The molecule has 1 atom stereocenters. The van der Waals surface area contributed by atoms with E-state index in [1.165, 1.54) is 4.90 Å². The molecule has 2 amide bonds. The number of hydrogen-bond acceptors (Lipinski definition) is 3. The van der Waals surface area contributed by atoms with E-state index in [1.54, 1.807) is 19.1 Å². The van der Waals surface area contributed by atoms with Crippen molar-refractivity contribution in [1.29, 1.82) is 0 Å². The molecule has 0 saturated heterocycles. The maximum Gasteiger partial charge on any atom is 0.415 e. The highest BCUT2D eigenvalue weighted by molar-refractivity contribution is 6.10. The number of nitrogens with one attached hydrogen (secondary N) is 1. The minimum Gasteiger partial charge on any atom is -0.449 e. The molecule has 5 nitrogen and oxygen atoms in total. The normalized spacial score (nSPS) is 18.0. The molecule has 1 aromatic rings. The summed E-state index contributed by atoms with van der Waals surface area (Å²) in [5.41, 5.74) is 1.30. The van der Waals surface area contributed by atoms with Gasteiger partial charge in [0.25, 0.3) is 0 Å². The van der Waals surface area contributed by atoms with Gasteiger partial charge in [-0.25, -0.2) is 4.79 Å². The van der Waals surface area contributed by atoms with E-state index in [2.05, 4.69) is 5.32 Å². The van der Waals surface area contributed by atoms with Crippen LogP contribution in [0.5, 0.6) is 0 Å². The predicted octanol–water partition coefficient (Wildman–Crippen LogP) is 2.63. The average Bonchev–Trinajstić information content (AvgIpc) is 2.37. The molecule has 5 heteroatoms. The molecule has 0 saturated carbocycles. The number of hydrogen-bond donors (Lipinski definition) is 1. The first-order valence-corrected chi connectivity index (χ1v) is 6.36. The number of rotatable bonds is 2. The van der Waals surface area contributed by atoms with Crippen molar-refractivity contribution in [1.82, 2.24) is 0 Å². The van der Waals surface area contributed by atoms with E-state index in [1.807, 2.05) is 26.0 Å². The lowest BCUT2D eigenvalue weighted by Gasteiger charge is -2.33. The smallest absolute Gasteiger partial charge is 0.415 e. The Labute approximate surface area is 112 Å². The van der Waals surface area contributed by atoms with Gasteiger partial charge in [0.15, 0.2) is 0 Å². The summed E-state index contributed by atoms with van der Waals surface area (Å²) in [6.07, 6.45) is -0.483. The molecule has 0 bridgehead atoms. The maximum absolute atomic E-state index is 12.1. The van der Waals surface area contributed by atoms with Crippen molar-refractivity contribution in [2.75, 3.05) is 16.8 Å². The number of para-hydroxylation sites is 2. The van der Waals surface area contributed by atoms with Crippen LogP contribution in [0.15, 0.2) is 24.3 Å². The predicted molar refractivity (Wildman–Crippen MR) is 73.2 cm³/mol. The standard InChI is InChI=1S/C14H18N2O3/c1-9(2)8-19-14(18)16-10(3)13(17)15-11-6-4-5-7-12(11)16/h4-7,9-10H,8H2,1-3H3,(H,15,17)/t10-/m0/s1. The Bertz CT molecular complexity index is 499. The van der Waals surface area contributed by atoms with Gasteiger partial charge in [0.1, 0.15) is 6.04 Å². The van der Waals surface area contributed by atoms with Crippen molar-refractivity contribution in [3.05, 3.63) is 24.3 Å². The zero-order valence-corrected chi connectivity index (χ0v) is 11.3. The quantitative estimate of drug-likeness (QED) is 0.891. The van der Waals surface area contributed by atoms with E-state index in [0.29, 0.717) is 18.0 Å². The Balaban J connectivity index is 2.27. The van der Waals surface area contributed by atoms with Gasteiger partial charge in [-0.15, -0.1) is 0 Å². The van der Waals surface area contributed by atoms with Crippen LogP contribution in [-0.2, 0) is 9.53 Å². The molecule has 0 unspecified atom stereocenters. The first-order valence-electron chi connectivity index (χ1n) is 6.36. The zero-order valence-electron chi connectivity index (χ0n) is 11.3. The first kappa shape index (κ1) is 13.4. The van der Waals surface area contributed by atoms with Crippen LogP contribution in [0, 0.1) is 5.92 Å². The summed E-state index contributed by atoms with van der Waals surface area (Å²) in [6.45, 7) is 5.95. The van der Waals surface area contributed by atoms with Gasteiger partial charge >= 0.3 is 6.09 Å². The Morgan fingerprint density at radius 2 is 2.11 bits per heavy atom. The second-order valence-electron chi connectivity index (χ2n) is 5.02. The maximum atomic E-state index is 12.1. The molecule has 19 heavy (non-hydrogen) atoms. The molecule has 1 aliphatic rings. The van der Waals surface area contributed by atoms with Gasteiger partial charge in [-0.1, -0.05) is 26.0 Å². The lowest BCUT2D eigenvalue weighted by molar-refractivity contribution is -0.117. The average molecular weight is 262 g/mol. The third-order valence-electron chi connectivity index (χ3n) is 2.93. The first-order chi connectivity index (χ1) is 9.00. The van der Waals surface area contributed by atoms with Gasteiger partial charge in [0.2, 0.25) is 5.91 Å². The SMILES string of the molecule is CC(C)COC(=O)N1c2ccccc2NC(=O)[C@@H]1C. The van der Waals surface area contributed by atoms with Crippen LogP contribution < -0.4 is 10.2 Å². The number of carbonyl (C=O) groups excluding carboxylic acids is 2. The summed E-state index contributed by atoms with van der Waals surface area (Å²) in [4.78, 5) is 25.4.